The van der Waals surface area contributed by atoms with E-state index in [1.54, 1.807) is 0 Å². The van der Waals surface area contributed by atoms with Crippen LogP contribution in [-0.2, 0) is 0 Å². The summed E-state index contributed by atoms with van der Waals surface area (Å²) < 4.78 is 0. The van der Waals surface area contributed by atoms with Gasteiger partial charge in [0.1, 0.15) is 5.84 Å². The Morgan fingerprint density at radius 1 is 1.69 bits per heavy atom. The van der Waals surface area contributed by atoms with Crippen LogP contribution in [0.25, 0.3) is 0 Å². The monoisotopic (exact) mass is 187 g/mol. The van der Waals surface area contributed by atoms with E-state index in [-0.39, 0.29) is 17.9 Å². The van der Waals surface area contributed by atoms with Crippen LogP contribution in [0.5, 0.6) is 0 Å². The topological polar surface area (TPSA) is 90.9 Å². The third-order valence-electron chi connectivity index (χ3n) is 2.45. The van der Waals surface area contributed by atoms with Crippen molar-refractivity contribution in [1.29, 1.82) is 0 Å². The van der Waals surface area contributed by atoms with Crippen molar-refractivity contribution in [2.45, 2.75) is 31.9 Å². The van der Waals surface area contributed by atoms with Crippen molar-refractivity contribution >= 4 is 5.84 Å². The van der Waals surface area contributed by atoms with Gasteiger partial charge in [0.2, 0.25) is 0 Å². The van der Waals surface area contributed by atoms with E-state index >= 15 is 0 Å². The first-order valence-corrected chi connectivity index (χ1v) is 4.52. The smallest absolute Gasteiger partial charge is 0.143 e. The molecule has 1 atom stereocenters. The zero-order valence-electron chi connectivity index (χ0n) is 7.77. The van der Waals surface area contributed by atoms with Crippen molar-refractivity contribution in [3.8, 4) is 0 Å². The first kappa shape index (κ1) is 10.3. The highest BCUT2D eigenvalue weighted by Gasteiger charge is 2.26. The lowest BCUT2D eigenvalue weighted by molar-refractivity contribution is 0.0620. The molecule has 0 spiro atoms. The van der Waals surface area contributed by atoms with Crippen molar-refractivity contribution in [3.05, 3.63) is 0 Å². The number of aliphatic hydroxyl groups is 1. The number of oxime groups is 1. The van der Waals surface area contributed by atoms with Crippen molar-refractivity contribution < 1.29 is 10.3 Å². The van der Waals surface area contributed by atoms with E-state index in [2.05, 4.69) is 10.5 Å². The van der Waals surface area contributed by atoms with E-state index in [4.69, 9.17) is 16.0 Å². The SMILES string of the molecule is CC(CNC1CC(O)C1)C(N)=NO. The summed E-state index contributed by atoms with van der Waals surface area (Å²) in [5, 5.41) is 23.6. The molecule has 0 radical (unpaired) electrons. The highest BCUT2D eigenvalue weighted by molar-refractivity contribution is 5.82. The predicted molar refractivity (Wildman–Crippen MR) is 49.6 cm³/mol. The van der Waals surface area contributed by atoms with Crippen molar-refractivity contribution in [1.82, 2.24) is 5.32 Å². The molecule has 1 aliphatic rings. The average molecular weight is 187 g/mol. The minimum atomic E-state index is -0.142. The van der Waals surface area contributed by atoms with Gasteiger partial charge in [0.25, 0.3) is 0 Å². The molecule has 1 aliphatic carbocycles. The van der Waals surface area contributed by atoms with Gasteiger partial charge in [-0.1, -0.05) is 12.1 Å². The summed E-state index contributed by atoms with van der Waals surface area (Å²) >= 11 is 0. The van der Waals surface area contributed by atoms with Crippen LogP contribution in [-0.4, -0.2) is 34.8 Å². The molecule has 0 aromatic rings. The molecule has 1 rings (SSSR count). The molecule has 0 saturated heterocycles. The molecule has 1 saturated carbocycles. The van der Waals surface area contributed by atoms with E-state index in [0.29, 0.717) is 12.6 Å². The number of hydrogen-bond acceptors (Lipinski definition) is 4. The maximum Gasteiger partial charge on any atom is 0.143 e. The Balaban J connectivity index is 2.12. The van der Waals surface area contributed by atoms with Crippen LogP contribution in [0.4, 0.5) is 0 Å². The minimum absolute atomic E-state index is 0.0303. The summed E-state index contributed by atoms with van der Waals surface area (Å²) in [5.74, 6) is 0.273. The molecular weight excluding hydrogens is 170 g/mol. The molecular formula is C8H17N3O2. The summed E-state index contributed by atoms with van der Waals surface area (Å²) in [5.41, 5.74) is 5.40. The van der Waals surface area contributed by atoms with Gasteiger partial charge in [0, 0.05) is 18.5 Å². The standard InChI is InChI=1S/C8H17N3O2/c1-5(8(9)11-13)4-10-6-2-7(12)3-6/h5-7,10,12-13H,2-4H2,1H3,(H2,9,11). The fourth-order valence-corrected chi connectivity index (χ4v) is 1.30. The molecule has 0 heterocycles. The highest BCUT2D eigenvalue weighted by atomic mass is 16.4. The number of aliphatic hydroxyl groups excluding tert-OH is 1. The summed E-state index contributed by atoms with van der Waals surface area (Å²) in [6.45, 7) is 2.57. The second-order valence-corrected chi connectivity index (χ2v) is 3.66. The van der Waals surface area contributed by atoms with Gasteiger partial charge in [-0.25, -0.2) is 0 Å². The normalized spacial score (nSPS) is 31.1. The Hall–Kier alpha value is -0.810. The largest absolute Gasteiger partial charge is 0.409 e. The van der Waals surface area contributed by atoms with Crippen LogP contribution in [0.15, 0.2) is 5.16 Å². The van der Waals surface area contributed by atoms with E-state index in [1.165, 1.54) is 0 Å². The van der Waals surface area contributed by atoms with Gasteiger partial charge in [-0.3, -0.25) is 0 Å². The number of amidine groups is 1. The zero-order chi connectivity index (χ0) is 9.84. The van der Waals surface area contributed by atoms with E-state index in [0.717, 1.165) is 12.8 Å². The lowest BCUT2D eigenvalue weighted by Crippen LogP contribution is -2.46. The first-order valence-electron chi connectivity index (χ1n) is 4.52. The van der Waals surface area contributed by atoms with Gasteiger partial charge >= 0.3 is 0 Å². The molecule has 5 N–H and O–H groups in total. The average Bonchev–Trinajstić information content (AvgIpc) is 2.08. The van der Waals surface area contributed by atoms with Crippen LogP contribution in [0.2, 0.25) is 0 Å². The van der Waals surface area contributed by atoms with Gasteiger partial charge in [-0.15, -0.1) is 0 Å². The van der Waals surface area contributed by atoms with Gasteiger partial charge in [-0.05, 0) is 12.8 Å². The number of nitrogens with two attached hydrogens (primary N) is 1. The Labute approximate surface area is 77.6 Å². The molecule has 13 heavy (non-hydrogen) atoms. The van der Waals surface area contributed by atoms with Crippen molar-refractivity contribution in [3.63, 3.8) is 0 Å². The summed E-state index contributed by atoms with van der Waals surface area (Å²) in [7, 11) is 0. The van der Waals surface area contributed by atoms with Crippen LogP contribution in [0, 0.1) is 5.92 Å². The second kappa shape index (κ2) is 4.43. The number of hydrogen-bond donors (Lipinski definition) is 4. The lowest BCUT2D eigenvalue weighted by atomic mass is 9.89. The number of nitrogens with one attached hydrogen (secondary N) is 1. The zero-order valence-corrected chi connectivity index (χ0v) is 7.77. The maximum atomic E-state index is 9.01. The van der Waals surface area contributed by atoms with Crippen LogP contribution in [0.1, 0.15) is 19.8 Å². The molecule has 0 aromatic heterocycles. The molecule has 0 aliphatic heterocycles. The van der Waals surface area contributed by atoms with Gasteiger partial charge in [0.05, 0.1) is 6.10 Å². The van der Waals surface area contributed by atoms with Gasteiger partial charge in [0.15, 0.2) is 0 Å². The van der Waals surface area contributed by atoms with Crippen LogP contribution in [0.3, 0.4) is 0 Å². The fraction of sp³-hybridized carbons (Fsp3) is 0.875. The van der Waals surface area contributed by atoms with Crippen molar-refractivity contribution in [2.75, 3.05) is 6.54 Å². The number of nitrogens with zero attached hydrogens (tertiary/aromatic N) is 1. The molecule has 76 valence electrons. The quantitative estimate of drug-likeness (QED) is 0.206. The third-order valence-corrected chi connectivity index (χ3v) is 2.45. The third kappa shape index (κ3) is 2.86. The van der Waals surface area contributed by atoms with E-state index < -0.39 is 0 Å². The molecule has 5 heteroatoms. The Kier molecular flexibility index (Phi) is 3.50. The summed E-state index contributed by atoms with van der Waals surface area (Å²) in [6.07, 6.45) is 1.47. The van der Waals surface area contributed by atoms with Crippen LogP contribution >= 0.6 is 0 Å². The number of rotatable bonds is 4. The minimum Gasteiger partial charge on any atom is -0.409 e. The van der Waals surface area contributed by atoms with Crippen LogP contribution < -0.4 is 11.1 Å². The van der Waals surface area contributed by atoms with E-state index in [9.17, 15) is 0 Å². The molecule has 0 aromatic carbocycles. The predicted octanol–water partition coefficient (Wildman–Crippen LogP) is -0.518. The van der Waals surface area contributed by atoms with Gasteiger partial charge < -0.3 is 21.4 Å². The van der Waals surface area contributed by atoms with E-state index in [1.807, 2.05) is 6.92 Å². The molecule has 1 unspecified atom stereocenters. The Morgan fingerprint density at radius 3 is 2.77 bits per heavy atom. The van der Waals surface area contributed by atoms with Gasteiger partial charge in [-0.2, -0.15) is 0 Å². The molecule has 5 nitrogen and oxygen atoms in total. The Bertz CT molecular complexity index is 190. The fourth-order valence-electron chi connectivity index (χ4n) is 1.30. The summed E-state index contributed by atoms with van der Waals surface area (Å²) in [4.78, 5) is 0. The second-order valence-electron chi connectivity index (χ2n) is 3.66. The lowest BCUT2D eigenvalue weighted by Gasteiger charge is -2.32. The summed E-state index contributed by atoms with van der Waals surface area (Å²) in [6, 6.07) is 0.393. The Morgan fingerprint density at radius 2 is 2.31 bits per heavy atom. The molecule has 0 bridgehead atoms. The highest BCUT2D eigenvalue weighted by Crippen LogP contribution is 2.19. The molecule has 0 amide bonds. The van der Waals surface area contributed by atoms with Crippen molar-refractivity contribution in [2.24, 2.45) is 16.8 Å². The first-order chi connectivity index (χ1) is 6.13. The molecule has 1 fully saturated rings. The maximum absolute atomic E-state index is 9.01.